The summed E-state index contributed by atoms with van der Waals surface area (Å²) in [5.41, 5.74) is 1.44. The highest BCUT2D eigenvalue weighted by atomic mass is 35.5. The minimum Gasteiger partial charge on any atom is -0.493 e. The molecule has 4 rings (SSSR count). The van der Waals surface area contributed by atoms with Crippen LogP contribution in [0.2, 0.25) is 5.02 Å². The van der Waals surface area contributed by atoms with Gasteiger partial charge >= 0.3 is 0 Å². The maximum absolute atomic E-state index is 13.5. The number of rotatable bonds is 5. The van der Waals surface area contributed by atoms with E-state index in [1.807, 2.05) is 24.3 Å². The van der Waals surface area contributed by atoms with Crippen LogP contribution < -0.4 is 14.4 Å². The lowest BCUT2D eigenvalue weighted by molar-refractivity contribution is 0.0999. The smallest absolute Gasteiger partial charge is 0.266 e. The van der Waals surface area contributed by atoms with Crippen molar-refractivity contribution in [2.45, 2.75) is 0 Å². The molecule has 4 aromatic rings. The van der Waals surface area contributed by atoms with Crippen molar-refractivity contribution in [1.82, 2.24) is 4.98 Å². The molecule has 8 heteroatoms. The van der Waals surface area contributed by atoms with E-state index in [4.69, 9.17) is 21.1 Å². The van der Waals surface area contributed by atoms with Crippen molar-refractivity contribution >= 4 is 49.9 Å². The van der Waals surface area contributed by atoms with E-state index in [0.29, 0.717) is 22.3 Å². The zero-order valence-corrected chi connectivity index (χ0v) is 17.6. The standard InChI is InChI=1S/C22H16ClFN2O3S/c1-28-18-10-8-14(12-19(18)29-2)26(21(27)15-9-7-13(24)11-16(15)23)22-25-17-5-3-4-6-20(17)30-22/h3-12H,1-2H3. The summed E-state index contributed by atoms with van der Waals surface area (Å²) in [6.07, 6.45) is 0. The monoisotopic (exact) mass is 442 g/mol. The molecule has 0 saturated heterocycles. The predicted molar refractivity (Wildman–Crippen MR) is 117 cm³/mol. The summed E-state index contributed by atoms with van der Waals surface area (Å²) in [5, 5.41) is 0.473. The van der Waals surface area contributed by atoms with E-state index in [1.54, 1.807) is 18.2 Å². The third-order valence-corrected chi connectivity index (χ3v) is 5.80. The molecule has 0 atom stereocenters. The highest BCUT2D eigenvalue weighted by molar-refractivity contribution is 7.22. The first kappa shape index (κ1) is 20.1. The molecule has 0 aliphatic carbocycles. The Hall–Kier alpha value is -3.16. The molecule has 0 aliphatic heterocycles. The summed E-state index contributed by atoms with van der Waals surface area (Å²) in [7, 11) is 3.05. The molecule has 5 nitrogen and oxygen atoms in total. The summed E-state index contributed by atoms with van der Waals surface area (Å²) in [6.45, 7) is 0. The van der Waals surface area contributed by atoms with E-state index in [-0.39, 0.29) is 10.6 Å². The number of para-hydroxylation sites is 1. The Bertz CT molecular complexity index is 1210. The van der Waals surface area contributed by atoms with E-state index in [9.17, 15) is 9.18 Å². The molecule has 1 heterocycles. The number of carbonyl (C=O) groups is 1. The van der Waals surface area contributed by atoms with Gasteiger partial charge in [0.2, 0.25) is 0 Å². The number of thiazole rings is 1. The molecule has 152 valence electrons. The second kappa shape index (κ2) is 8.30. The molecular weight excluding hydrogens is 427 g/mol. The fourth-order valence-electron chi connectivity index (χ4n) is 3.02. The summed E-state index contributed by atoms with van der Waals surface area (Å²) in [5.74, 6) is 0.0253. The van der Waals surface area contributed by atoms with Crippen LogP contribution in [0, 0.1) is 5.82 Å². The van der Waals surface area contributed by atoms with Crippen molar-refractivity contribution in [2.75, 3.05) is 19.1 Å². The molecular formula is C22H16ClFN2O3S. The number of methoxy groups -OCH3 is 2. The Labute approximate surface area is 181 Å². The summed E-state index contributed by atoms with van der Waals surface area (Å²) >= 11 is 7.54. The number of amides is 1. The average Bonchev–Trinajstić information content (AvgIpc) is 3.17. The molecule has 0 aliphatic rings. The normalized spacial score (nSPS) is 10.8. The van der Waals surface area contributed by atoms with Gasteiger partial charge in [0, 0.05) is 6.07 Å². The number of hydrogen-bond donors (Lipinski definition) is 0. The molecule has 1 aromatic heterocycles. The van der Waals surface area contributed by atoms with E-state index in [1.165, 1.54) is 42.6 Å². The van der Waals surface area contributed by atoms with Crippen LogP contribution in [0.5, 0.6) is 11.5 Å². The lowest BCUT2D eigenvalue weighted by atomic mass is 10.1. The topological polar surface area (TPSA) is 51.7 Å². The zero-order valence-electron chi connectivity index (χ0n) is 16.1. The summed E-state index contributed by atoms with van der Waals surface area (Å²) < 4.78 is 25.1. The third-order valence-electron chi connectivity index (χ3n) is 4.46. The van der Waals surface area contributed by atoms with Crippen LogP contribution in [0.3, 0.4) is 0 Å². The van der Waals surface area contributed by atoms with Crippen LogP contribution in [-0.2, 0) is 0 Å². The van der Waals surface area contributed by atoms with Gasteiger partial charge < -0.3 is 9.47 Å². The van der Waals surface area contributed by atoms with Crippen LogP contribution in [0.1, 0.15) is 10.4 Å². The fraction of sp³-hybridized carbons (Fsp3) is 0.0909. The van der Waals surface area contributed by atoms with Crippen molar-refractivity contribution in [3.05, 3.63) is 77.1 Å². The molecule has 0 fully saturated rings. The highest BCUT2D eigenvalue weighted by Crippen LogP contribution is 2.39. The number of aromatic nitrogens is 1. The Balaban J connectivity index is 1.89. The van der Waals surface area contributed by atoms with Gasteiger partial charge in [-0.05, 0) is 42.5 Å². The third kappa shape index (κ3) is 3.69. The van der Waals surface area contributed by atoms with E-state index >= 15 is 0 Å². The number of benzene rings is 3. The number of fused-ring (bicyclic) bond motifs is 1. The zero-order chi connectivity index (χ0) is 21.3. The number of anilines is 2. The largest absolute Gasteiger partial charge is 0.493 e. The van der Waals surface area contributed by atoms with Crippen LogP contribution in [0.4, 0.5) is 15.2 Å². The van der Waals surface area contributed by atoms with Crippen LogP contribution >= 0.6 is 22.9 Å². The average molecular weight is 443 g/mol. The molecule has 0 unspecified atom stereocenters. The van der Waals surface area contributed by atoms with Crippen LogP contribution in [-0.4, -0.2) is 25.1 Å². The van der Waals surface area contributed by atoms with Crippen molar-refractivity contribution in [3.8, 4) is 11.5 Å². The molecule has 3 aromatic carbocycles. The number of nitrogens with zero attached hydrogens (tertiary/aromatic N) is 2. The van der Waals surface area contributed by atoms with Crippen molar-refractivity contribution in [3.63, 3.8) is 0 Å². The van der Waals surface area contributed by atoms with Crippen molar-refractivity contribution < 1.29 is 18.7 Å². The second-order valence-corrected chi connectivity index (χ2v) is 7.68. The van der Waals surface area contributed by atoms with Gasteiger partial charge in [-0.15, -0.1) is 0 Å². The Morgan fingerprint density at radius 1 is 1.03 bits per heavy atom. The minimum atomic E-state index is -0.519. The SMILES string of the molecule is COc1ccc(N(C(=O)c2ccc(F)cc2Cl)c2nc3ccccc3s2)cc1OC. The van der Waals surface area contributed by atoms with Gasteiger partial charge in [0.05, 0.1) is 40.7 Å². The van der Waals surface area contributed by atoms with Crippen LogP contribution in [0.25, 0.3) is 10.2 Å². The molecule has 1 amide bonds. The quantitative estimate of drug-likeness (QED) is 0.375. The molecule has 0 saturated carbocycles. The van der Waals surface area contributed by atoms with Gasteiger partial charge in [-0.3, -0.25) is 9.69 Å². The first-order valence-corrected chi connectivity index (χ1v) is 10.1. The van der Waals surface area contributed by atoms with Gasteiger partial charge in [-0.1, -0.05) is 35.1 Å². The fourth-order valence-corrected chi connectivity index (χ4v) is 4.25. The van der Waals surface area contributed by atoms with Gasteiger partial charge in [-0.25, -0.2) is 9.37 Å². The summed E-state index contributed by atoms with van der Waals surface area (Å²) in [6, 6.07) is 16.4. The predicted octanol–water partition coefficient (Wildman–Crippen LogP) is 6.08. The second-order valence-electron chi connectivity index (χ2n) is 6.27. The van der Waals surface area contributed by atoms with Crippen LogP contribution in [0.15, 0.2) is 60.7 Å². The number of ether oxygens (including phenoxy) is 2. The molecule has 30 heavy (non-hydrogen) atoms. The highest BCUT2D eigenvalue weighted by Gasteiger charge is 2.26. The molecule has 0 radical (unpaired) electrons. The van der Waals surface area contributed by atoms with Gasteiger partial charge in [-0.2, -0.15) is 0 Å². The van der Waals surface area contributed by atoms with E-state index < -0.39 is 11.7 Å². The van der Waals surface area contributed by atoms with E-state index in [2.05, 4.69) is 4.98 Å². The first-order valence-electron chi connectivity index (χ1n) is 8.89. The lowest BCUT2D eigenvalue weighted by Crippen LogP contribution is -2.26. The Morgan fingerprint density at radius 2 is 1.80 bits per heavy atom. The van der Waals surface area contributed by atoms with Crippen molar-refractivity contribution in [1.29, 1.82) is 0 Å². The van der Waals surface area contributed by atoms with Crippen molar-refractivity contribution in [2.24, 2.45) is 0 Å². The molecule has 0 N–H and O–H groups in total. The maximum atomic E-state index is 13.5. The van der Waals surface area contributed by atoms with Gasteiger partial charge in [0.1, 0.15) is 5.82 Å². The first-order chi connectivity index (χ1) is 14.5. The van der Waals surface area contributed by atoms with E-state index in [0.717, 1.165) is 16.3 Å². The van der Waals surface area contributed by atoms with Gasteiger partial charge in [0.15, 0.2) is 16.6 Å². The Kier molecular flexibility index (Phi) is 5.57. The number of carbonyl (C=O) groups excluding carboxylic acids is 1. The number of hydrogen-bond acceptors (Lipinski definition) is 5. The lowest BCUT2D eigenvalue weighted by Gasteiger charge is -2.22. The molecule has 0 bridgehead atoms. The Morgan fingerprint density at radius 3 is 2.50 bits per heavy atom. The minimum absolute atomic E-state index is 0.0200. The maximum Gasteiger partial charge on any atom is 0.266 e. The molecule has 0 spiro atoms. The van der Waals surface area contributed by atoms with Gasteiger partial charge in [0.25, 0.3) is 5.91 Å². The number of halogens is 2. The summed E-state index contributed by atoms with van der Waals surface area (Å²) in [4.78, 5) is 19.6.